The van der Waals surface area contributed by atoms with Crippen molar-refractivity contribution in [1.82, 2.24) is 26.2 Å². The van der Waals surface area contributed by atoms with E-state index >= 15 is 0 Å². The molecule has 53 heavy (non-hydrogen) atoms. The number of carbonyl (C=O) groups is 7. The van der Waals surface area contributed by atoms with Crippen LogP contribution < -0.4 is 27.0 Å². The smallest absolute Gasteiger partial charge is 0.326 e. The lowest BCUT2D eigenvalue weighted by molar-refractivity contribution is -0.146. The minimum absolute atomic E-state index is 0.0335. The number of nitrogens with zero attached hydrogens (tertiary/aromatic N) is 1. The van der Waals surface area contributed by atoms with Gasteiger partial charge in [0.25, 0.3) is 0 Å². The molecule has 2 aromatic carbocycles. The van der Waals surface area contributed by atoms with E-state index in [0.29, 0.717) is 5.56 Å². The molecular formula is C37H50N6O10. The molecule has 1 heterocycles. The number of hydrogen-bond acceptors (Lipinski definition) is 9. The van der Waals surface area contributed by atoms with Crippen molar-refractivity contribution in [3.8, 4) is 5.75 Å². The molecule has 0 radical (unpaired) electrons. The summed E-state index contributed by atoms with van der Waals surface area (Å²) in [6.07, 6.45) is -0.472. The van der Waals surface area contributed by atoms with E-state index in [4.69, 9.17) is 5.73 Å². The van der Waals surface area contributed by atoms with Crippen molar-refractivity contribution in [3.63, 3.8) is 0 Å². The maximum Gasteiger partial charge on any atom is 0.326 e. The number of carbonyl (C=O) groups excluding carboxylic acids is 5. The molecule has 3 rings (SSSR count). The molecule has 16 nitrogen and oxygen atoms in total. The van der Waals surface area contributed by atoms with Crippen LogP contribution in [0.1, 0.15) is 63.6 Å². The van der Waals surface area contributed by atoms with Gasteiger partial charge >= 0.3 is 11.9 Å². The number of nitrogens with one attached hydrogen (secondary N) is 4. The molecule has 9 N–H and O–H groups in total. The molecule has 0 saturated carbocycles. The summed E-state index contributed by atoms with van der Waals surface area (Å²) in [5.74, 6) is -6.56. The van der Waals surface area contributed by atoms with Gasteiger partial charge in [-0.25, -0.2) is 4.79 Å². The predicted octanol–water partition coefficient (Wildman–Crippen LogP) is 0.438. The zero-order chi connectivity index (χ0) is 39.4. The van der Waals surface area contributed by atoms with Crippen LogP contribution in [0, 0.1) is 11.8 Å². The summed E-state index contributed by atoms with van der Waals surface area (Å²) in [4.78, 5) is 91.8. The molecule has 0 fully saturated rings. The number of rotatable bonds is 19. The number of amides is 5. The van der Waals surface area contributed by atoms with Gasteiger partial charge in [-0.3, -0.25) is 33.7 Å². The number of phenolic OH excluding ortho intramolecular Hbond substituents is 1. The second kappa shape index (κ2) is 19.4. The van der Waals surface area contributed by atoms with Crippen LogP contribution in [0.4, 0.5) is 0 Å². The summed E-state index contributed by atoms with van der Waals surface area (Å²) < 4.78 is 0. The minimum atomic E-state index is -1.50. The van der Waals surface area contributed by atoms with Crippen molar-refractivity contribution < 1.29 is 48.9 Å². The molecule has 0 aromatic heterocycles. The molecule has 0 bridgehead atoms. The number of aromatic hydroxyl groups is 1. The number of nitrogens with two attached hydrogens (primary N) is 1. The first-order valence-corrected chi connectivity index (χ1v) is 17.5. The van der Waals surface area contributed by atoms with E-state index < -0.39 is 84.6 Å². The van der Waals surface area contributed by atoms with Gasteiger partial charge in [-0.05, 0) is 59.9 Å². The van der Waals surface area contributed by atoms with Gasteiger partial charge in [0.15, 0.2) is 0 Å². The van der Waals surface area contributed by atoms with Crippen LogP contribution in [-0.4, -0.2) is 98.4 Å². The Bertz CT molecular complexity index is 1650. The highest BCUT2D eigenvalue weighted by Gasteiger charge is 2.41. The summed E-state index contributed by atoms with van der Waals surface area (Å²) >= 11 is 0. The number of hydrogen-bond donors (Lipinski definition) is 8. The van der Waals surface area contributed by atoms with Gasteiger partial charge in [0.05, 0.1) is 19.0 Å². The summed E-state index contributed by atoms with van der Waals surface area (Å²) in [5, 5.41) is 39.6. The second-order valence-corrected chi connectivity index (χ2v) is 14.1. The Morgan fingerprint density at radius 3 is 1.94 bits per heavy atom. The molecular weight excluding hydrogens is 688 g/mol. The lowest BCUT2D eigenvalue weighted by atomic mass is 9.91. The number of benzene rings is 2. The fourth-order valence-electron chi connectivity index (χ4n) is 6.20. The van der Waals surface area contributed by atoms with Crippen LogP contribution in [0.3, 0.4) is 0 Å². The summed E-state index contributed by atoms with van der Waals surface area (Å²) in [5.41, 5.74) is 7.43. The van der Waals surface area contributed by atoms with E-state index in [1.165, 1.54) is 29.2 Å². The van der Waals surface area contributed by atoms with Gasteiger partial charge < -0.3 is 42.3 Å². The maximum absolute atomic E-state index is 14.2. The van der Waals surface area contributed by atoms with Gasteiger partial charge in [0.1, 0.15) is 29.9 Å². The molecule has 0 saturated heterocycles. The van der Waals surface area contributed by atoms with Crippen LogP contribution in [0.25, 0.3) is 0 Å². The minimum Gasteiger partial charge on any atom is -0.508 e. The van der Waals surface area contributed by atoms with E-state index in [2.05, 4.69) is 21.3 Å². The molecule has 0 aliphatic carbocycles. The number of carboxylic acids is 2. The van der Waals surface area contributed by atoms with Crippen molar-refractivity contribution in [2.45, 2.75) is 96.6 Å². The topological polar surface area (TPSA) is 258 Å². The molecule has 0 spiro atoms. The normalized spacial score (nSPS) is 16.4. The first-order chi connectivity index (χ1) is 24.9. The summed E-state index contributed by atoms with van der Waals surface area (Å²) in [7, 11) is 0. The first-order valence-electron chi connectivity index (χ1n) is 17.5. The summed E-state index contributed by atoms with van der Waals surface area (Å²) in [6, 6.07) is 6.65. The fraction of sp³-hybridized carbons (Fsp3) is 0.486. The van der Waals surface area contributed by atoms with Crippen LogP contribution >= 0.6 is 0 Å². The highest BCUT2D eigenvalue weighted by Crippen LogP contribution is 2.27. The number of phenols is 1. The lowest BCUT2D eigenvalue weighted by Gasteiger charge is -2.40. The Balaban J connectivity index is 1.93. The standard InChI is InChI=1S/C37H50N6O10/c1-20(2)13-26(33(38)48)40-31(45)18-39-35(50)29-16-23-7-5-6-8-24(23)19-43(29)30(17-32(46)47)36(51)41-27(15-22-9-11-25(44)12-10-22)34(49)42-28(37(52)53)14-21(3)4/h5-12,20-21,26-30,44H,13-19H2,1-4H3,(H2,38,48)(H,39,50)(H,40,45)(H,41,51)(H,42,49)(H,46,47)(H,52,53)/t26-,27-,28-,29-,30-/m0/s1. The van der Waals surface area contributed by atoms with E-state index in [9.17, 15) is 48.9 Å². The van der Waals surface area contributed by atoms with Gasteiger partial charge in [0.2, 0.25) is 29.5 Å². The van der Waals surface area contributed by atoms with Gasteiger partial charge in [-0.1, -0.05) is 64.1 Å². The second-order valence-electron chi connectivity index (χ2n) is 14.1. The maximum atomic E-state index is 14.2. The number of fused-ring (bicyclic) bond motifs is 1. The Morgan fingerprint density at radius 2 is 1.38 bits per heavy atom. The van der Waals surface area contributed by atoms with Crippen molar-refractivity contribution in [3.05, 3.63) is 65.2 Å². The Kier molecular flexibility index (Phi) is 15.3. The van der Waals surface area contributed by atoms with Crippen LogP contribution in [-0.2, 0) is 52.9 Å². The largest absolute Gasteiger partial charge is 0.508 e. The SMILES string of the molecule is CC(C)C[C@H](NC(=O)CNC(=O)[C@@H]1Cc2ccccc2CN1[C@@H](CC(=O)O)C(=O)N[C@@H](Cc1ccc(O)cc1)C(=O)N[C@@H](CC(C)C)C(=O)O)C(N)=O. The molecule has 1 aliphatic heterocycles. The van der Waals surface area contributed by atoms with E-state index in [0.717, 1.165) is 11.1 Å². The number of primary amides is 1. The highest BCUT2D eigenvalue weighted by molar-refractivity contribution is 5.94. The van der Waals surface area contributed by atoms with Crippen molar-refractivity contribution in [2.24, 2.45) is 17.6 Å². The molecule has 1 aliphatic rings. The fourth-order valence-corrected chi connectivity index (χ4v) is 6.20. The Morgan fingerprint density at radius 1 is 0.792 bits per heavy atom. The first kappa shape index (κ1) is 41.9. The molecule has 2 aromatic rings. The van der Waals surface area contributed by atoms with Crippen molar-refractivity contribution >= 4 is 41.5 Å². The molecule has 288 valence electrons. The van der Waals surface area contributed by atoms with Gasteiger partial charge in [0, 0.05) is 13.0 Å². The van der Waals surface area contributed by atoms with E-state index in [1.54, 1.807) is 38.1 Å². The molecule has 16 heteroatoms. The summed E-state index contributed by atoms with van der Waals surface area (Å²) in [6.45, 7) is 6.71. The van der Waals surface area contributed by atoms with Crippen molar-refractivity contribution in [2.75, 3.05) is 6.54 Å². The zero-order valence-electron chi connectivity index (χ0n) is 30.3. The monoisotopic (exact) mass is 738 g/mol. The third kappa shape index (κ3) is 12.9. The Labute approximate surface area is 307 Å². The molecule has 0 unspecified atom stereocenters. The van der Waals surface area contributed by atoms with Crippen LogP contribution in [0.5, 0.6) is 5.75 Å². The average molecular weight is 739 g/mol. The van der Waals surface area contributed by atoms with Gasteiger partial charge in [-0.15, -0.1) is 0 Å². The molecule has 5 atom stereocenters. The quantitative estimate of drug-likeness (QED) is 0.0981. The van der Waals surface area contributed by atoms with Crippen LogP contribution in [0.15, 0.2) is 48.5 Å². The van der Waals surface area contributed by atoms with E-state index in [1.807, 2.05) is 13.8 Å². The predicted molar refractivity (Wildman–Crippen MR) is 192 cm³/mol. The zero-order valence-corrected chi connectivity index (χ0v) is 30.3. The Hall–Kier alpha value is -5.51. The van der Waals surface area contributed by atoms with Gasteiger partial charge in [-0.2, -0.15) is 0 Å². The van der Waals surface area contributed by atoms with E-state index in [-0.39, 0.29) is 49.8 Å². The number of carboxylic acid groups (broad SMARTS) is 2. The third-order valence-corrected chi connectivity index (χ3v) is 8.80. The van der Waals surface area contributed by atoms with Crippen LogP contribution in [0.2, 0.25) is 0 Å². The third-order valence-electron chi connectivity index (χ3n) is 8.80. The highest BCUT2D eigenvalue weighted by atomic mass is 16.4. The average Bonchev–Trinajstić information content (AvgIpc) is 3.08. The lowest BCUT2D eigenvalue weighted by Crippen LogP contribution is -2.61. The molecule has 5 amide bonds. The number of aliphatic carboxylic acids is 2. The van der Waals surface area contributed by atoms with Crippen molar-refractivity contribution in [1.29, 1.82) is 0 Å².